The summed E-state index contributed by atoms with van der Waals surface area (Å²) in [5.41, 5.74) is 1.41. The van der Waals surface area contributed by atoms with E-state index in [2.05, 4.69) is 26.2 Å². The molecule has 2 aromatic rings. The highest BCUT2D eigenvalue weighted by molar-refractivity contribution is 9.10. The number of hydrogen-bond acceptors (Lipinski definition) is 2. The van der Waals surface area contributed by atoms with E-state index in [0.29, 0.717) is 21.7 Å². The number of carbonyl (C=O) groups excluding carboxylic acids is 1. The Hall–Kier alpha value is -1.39. The fourth-order valence-corrected chi connectivity index (χ4v) is 2.43. The standard InChI is InChI=1S/C15H14BrClN2O/c1-10(9-11-5-2-3-6-12(11)17)18-15(20)13-7-4-8-14(16)19-13/h2-8,10H,9H2,1H3,(H,18,20). The van der Waals surface area contributed by atoms with E-state index >= 15 is 0 Å². The summed E-state index contributed by atoms with van der Waals surface area (Å²) >= 11 is 9.36. The zero-order chi connectivity index (χ0) is 14.5. The lowest BCUT2D eigenvalue weighted by Crippen LogP contribution is -2.34. The van der Waals surface area contributed by atoms with Gasteiger partial charge in [0, 0.05) is 11.1 Å². The molecule has 1 aromatic heterocycles. The minimum absolute atomic E-state index is 0.0248. The third-order valence-corrected chi connectivity index (χ3v) is 3.62. The van der Waals surface area contributed by atoms with Crippen molar-refractivity contribution in [3.8, 4) is 0 Å². The van der Waals surface area contributed by atoms with Gasteiger partial charge in [0.25, 0.3) is 5.91 Å². The Balaban J connectivity index is 2.00. The van der Waals surface area contributed by atoms with Gasteiger partial charge in [0.15, 0.2) is 0 Å². The number of pyridine rings is 1. The Bertz CT molecular complexity index is 618. The Morgan fingerprint density at radius 3 is 2.75 bits per heavy atom. The maximum absolute atomic E-state index is 12.1. The largest absolute Gasteiger partial charge is 0.348 e. The molecule has 1 aromatic carbocycles. The summed E-state index contributed by atoms with van der Waals surface area (Å²) in [5, 5.41) is 3.64. The van der Waals surface area contributed by atoms with Crippen molar-refractivity contribution in [1.29, 1.82) is 0 Å². The van der Waals surface area contributed by atoms with Crippen LogP contribution in [-0.2, 0) is 6.42 Å². The number of benzene rings is 1. The molecule has 3 nitrogen and oxygen atoms in total. The third-order valence-electron chi connectivity index (χ3n) is 2.81. The van der Waals surface area contributed by atoms with Gasteiger partial charge in [0.1, 0.15) is 10.3 Å². The molecule has 0 bridgehead atoms. The first kappa shape index (κ1) is 15.0. The van der Waals surface area contributed by atoms with Crippen LogP contribution >= 0.6 is 27.5 Å². The minimum atomic E-state index is -0.189. The fourth-order valence-electron chi connectivity index (χ4n) is 1.88. The van der Waals surface area contributed by atoms with Crippen molar-refractivity contribution in [2.75, 3.05) is 0 Å². The molecule has 1 atom stereocenters. The van der Waals surface area contributed by atoms with Gasteiger partial charge < -0.3 is 5.32 Å². The van der Waals surface area contributed by atoms with Gasteiger partial charge in [0.05, 0.1) is 0 Å². The van der Waals surface area contributed by atoms with E-state index in [1.165, 1.54) is 0 Å². The van der Waals surface area contributed by atoms with Crippen molar-refractivity contribution >= 4 is 33.4 Å². The maximum Gasteiger partial charge on any atom is 0.270 e. The molecule has 0 spiro atoms. The molecule has 1 heterocycles. The smallest absolute Gasteiger partial charge is 0.270 e. The Morgan fingerprint density at radius 1 is 1.30 bits per heavy atom. The summed E-state index contributed by atoms with van der Waals surface area (Å²) in [6, 6.07) is 12.9. The van der Waals surface area contributed by atoms with Gasteiger partial charge in [0.2, 0.25) is 0 Å². The van der Waals surface area contributed by atoms with E-state index in [-0.39, 0.29) is 11.9 Å². The predicted octanol–water partition coefficient (Wildman–Crippen LogP) is 3.86. The molecule has 2 rings (SSSR count). The molecule has 1 unspecified atom stereocenters. The highest BCUT2D eigenvalue weighted by Crippen LogP contribution is 2.16. The lowest BCUT2D eigenvalue weighted by Gasteiger charge is -2.14. The second-order valence-electron chi connectivity index (χ2n) is 4.52. The number of rotatable bonds is 4. The second-order valence-corrected chi connectivity index (χ2v) is 5.74. The lowest BCUT2D eigenvalue weighted by atomic mass is 10.1. The van der Waals surface area contributed by atoms with Crippen LogP contribution in [0.3, 0.4) is 0 Å². The maximum atomic E-state index is 12.1. The first-order valence-electron chi connectivity index (χ1n) is 6.23. The van der Waals surface area contributed by atoms with Crippen LogP contribution < -0.4 is 5.32 Å². The van der Waals surface area contributed by atoms with Crippen LogP contribution in [0.5, 0.6) is 0 Å². The van der Waals surface area contributed by atoms with E-state index in [4.69, 9.17) is 11.6 Å². The van der Waals surface area contributed by atoms with Crippen LogP contribution in [0.4, 0.5) is 0 Å². The van der Waals surface area contributed by atoms with Crippen molar-refractivity contribution in [3.05, 3.63) is 63.3 Å². The SMILES string of the molecule is CC(Cc1ccccc1Cl)NC(=O)c1cccc(Br)n1. The van der Waals surface area contributed by atoms with Crippen molar-refractivity contribution in [2.45, 2.75) is 19.4 Å². The highest BCUT2D eigenvalue weighted by atomic mass is 79.9. The van der Waals surface area contributed by atoms with Gasteiger partial charge in [-0.15, -0.1) is 0 Å². The van der Waals surface area contributed by atoms with Crippen LogP contribution in [0.15, 0.2) is 47.1 Å². The normalized spacial score (nSPS) is 11.9. The molecule has 0 fully saturated rings. The van der Waals surface area contributed by atoms with Gasteiger partial charge >= 0.3 is 0 Å². The van der Waals surface area contributed by atoms with Crippen LogP contribution in [0.25, 0.3) is 0 Å². The van der Waals surface area contributed by atoms with Gasteiger partial charge in [-0.3, -0.25) is 4.79 Å². The summed E-state index contributed by atoms with van der Waals surface area (Å²) in [4.78, 5) is 16.2. The van der Waals surface area contributed by atoms with Crippen LogP contribution in [0.2, 0.25) is 5.02 Å². The van der Waals surface area contributed by atoms with Gasteiger partial charge in [-0.25, -0.2) is 4.98 Å². The molecular weight excluding hydrogens is 340 g/mol. The van der Waals surface area contributed by atoms with Crippen LogP contribution in [-0.4, -0.2) is 16.9 Å². The molecular formula is C15H14BrClN2O. The zero-order valence-electron chi connectivity index (χ0n) is 10.9. The van der Waals surface area contributed by atoms with Crippen molar-refractivity contribution in [1.82, 2.24) is 10.3 Å². The van der Waals surface area contributed by atoms with E-state index in [1.54, 1.807) is 18.2 Å². The van der Waals surface area contributed by atoms with E-state index in [9.17, 15) is 4.79 Å². The van der Waals surface area contributed by atoms with Gasteiger partial charge in [-0.1, -0.05) is 35.9 Å². The van der Waals surface area contributed by atoms with Gasteiger partial charge in [-0.2, -0.15) is 0 Å². The number of amides is 1. The fraction of sp³-hybridized carbons (Fsp3) is 0.200. The number of hydrogen-bond donors (Lipinski definition) is 1. The Morgan fingerprint density at radius 2 is 2.05 bits per heavy atom. The first-order valence-corrected chi connectivity index (χ1v) is 7.40. The minimum Gasteiger partial charge on any atom is -0.348 e. The van der Waals surface area contributed by atoms with E-state index in [0.717, 1.165) is 5.56 Å². The molecule has 5 heteroatoms. The number of aromatic nitrogens is 1. The number of halogens is 2. The molecule has 0 aliphatic rings. The molecule has 104 valence electrons. The average molecular weight is 354 g/mol. The van der Waals surface area contributed by atoms with E-state index < -0.39 is 0 Å². The molecule has 0 aliphatic carbocycles. The van der Waals surface area contributed by atoms with E-state index in [1.807, 2.05) is 31.2 Å². The average Bonchev–Trinajstić information content (AvgIpc) is 2.41. The van der Waals surface area contributed by atoms with Crippen molar-refractivity contribution in [2.24, 2.45) is 0 Å². The predicted molar refractivity (Wildman–Crippen MR) is 84.0 cm³/mol. The monoisotopic (exact) mass is 352 g/mol. The highest BCUT2D eigenvalue weighted by Gasteiger charge is 2.12. The molecule has 0 saturated heterocycles. The Labute approximate surface area is 131 Å². The summed E-state index contributed by atoms with van der Waals surface area (Å²) in [7, 11) is 0. The number of nitrogens with one attached hydrogen (secondary N) is 1. The summed E-state index contributed by atoms with van der Waals surface area (Å²) in [6.45, 7) is 1.94. The zero-order valence-corrected chi connectivity index (χ0v) is 13.3. The molecule has 0 saturated carbocycles. The van der Waals surface area contributed by atoms with Crippen LogP contribution in [0, 0.1) is 0 Å². The molecule has 1 amide bonds. The molecule has 1 N–H and O–H groups in total. The molecule has 20 heavy (non-hydrogen) atoms. The topological polar surface area (TPSA) is 42.0 Å². The second kappa shape index (κ2) is 6.86. The molecule has 0 aliphatic heterocycles. The molecule has 0 radical (unpaired) electrons. The van der Waals surface area contributed by atoms with Crippen LogP contribution in [0.1, 0.15) is 23.0 Å². The summed E-state index contributed by atoms with van der Waals surface area (Å²) < 4.78 is 0.643. The van der Waals surface area contributed by atoms with Gasteiger partial charge in [-0.05, 0) is 53.0 Å². The first-order chi connectivity index (χ1) is 9.56. The number of carbonyl (C=O) groups is 1. The van der Waals surface area contributed by atoms with Crippen molar-refractivity contribution < 1.29 is 4.79 Å². The lowest BCUT2D eigenvalue weighted by molar-refractivity contribution is 0.0935. The third kappa shape index (κ3) is 4.05. The Kier molecular flexibility index (Phi) is 5.15. The summed E-state index contributed by atoms with van der Waals surface area (Å²) in [6.07, 6.45) is 0.680. The summed E-state index contributed by atoms with van der Waals surface area (Å²) in [5.74, 6) is -0.189. The van der Waals surface area contributed by atoms with Crippen molar-refractivity contribution in [3.63, 3.8) is 0 Å². The quantitative estimate of drug-likeness (QED) is 0.848. The number of nitrogens with zero attached hydrogens (tertiary/aromatic N) is 1.